The minimum Gasteiger partial charge on any atom is -0.375 e. The van der Waals surface area contributed by atoms with Crippen LogP contribution in [-0.2, 0) is 0 Å². The molecule has 0 radical (unpaired) electrons. The quantitative estimate of drug-likeness (QED) is 0.295. The van der Waals surface area contributed by atoms with Crippen LogP contribution < -0.4 is 16.5 Å². The van der Waals surface area contributed by atoms with Crippen LogP contribution in [0.5, 0.6) is 0 Å². The van der Waals surface area contributed by atoms with Crippen LogP contribution in [0.25, 0.3) is 0 Å². The van der Waals surface area contributed by atoms with Crippen LogP contribution in [0.3, 0.4) is 0 Å². The van der Waals surface area contributed by atoms with Gasteiger partial charge in [-0.1, -0.05) is 42.5 Å². The van der Waals surface area contributed by atoms with Gasteiger partial charge in [0.1, 0.15) is 10.7 Å². The summed E-state index contributed by atoms with van der Waals surface area (Å²) in [7, 11) is 0. The van der Waals surface area contributed by atoms with E-state index >= 15 is 0 Å². The molecule has 0 fully saturated rings. The Balaban J connectivity index is 2.24. The summed E-state index contributed by atoms with van der Waals surface area (Å²) in [6.07, 6.45) is 0. The molecule has 0 spiro atoms. The number of hydrazone groups is 1. The normalized spacial score (nSPS) is 10.9. The van der Waals surface area contributed by atoms with E-state index in [-0.39, 0.29) is 5.11 Å². The van der Waals surface area contributed by atoms with E-state index in [1.807, 2.05) is 54.6 Å². The van der Waals surface area contributed by atoms with E-state index < -0.39 is 0 Å². The van der Waals surface area contributed by atoms with E-state index in [1.165, 1.54) is 0 Å². The number of nitrogens with zero attached hydrogens (tertiary/aromatic N) is 1. The van der Waals surface area contributed by atoms with Crippen LogP contribution in [0.2, 0.25) is 0 Å². The molecular weight excluding hydrogens is 427 g/mol. The van der Waals surface area contributed by atoms with Gasteiger partial charge in [0.2, 0.25) is 0 Å². The summed E-state index contributed by atoms with van der Waals surface area (Å²) in [5.41, 5.74) is 10.4. The van der Waals surface area contributed by atoms with Gasteiger partial charge in [-0.3, -0.25) is 5.43 Å². The van der Waals surface area contributed by atoms with Crippen molar-refractivity contribution in [3.05, 3.63) is 63.7 Å². The van der Waals surface area contributed by atoms with E-state index in [4.69, 9.17) is 30.2 Å². The van der Waals surface area contributed by atoms with E-state index in [1.54, 1.807) is 0 Å². The van der Waals surface area contributed by atoms with Crippen LogP contribution in [-0.4, -0.2) is 15.8 Å². The molecule has 0 aliphatic heterocycles. The molecule has 2 rings (SSSR count). The zero-order chi connectivity index (χ0) is 15.9. The molecule has 0 aliphatic carbocycles. The third-order valence-electron chi connectivity index (χ3n) is 2.64. The highest BCUT2D eigenvalue weighted by atomic mass is 127. The van der Waals surface area contributed by atoms with Crippen LogP contribution in [0.1, 0.15) is 5.56 Å². The molecule has 0 aliphatic rings. The highest BCUT2D eigenvalue weighted by molar-refractivity contribution is 14.1. The first-order chi connectivity index (χ1) is 10.6. The maximum Gasteiger partial charge on any atom is 0.184 e. The van der Waals surface area contributed by atoms with Crippen molar-refractivity contribution in [2.45, 2.75) is 0 Å². The molecule has 0 saturated carbocycles. The van der Waals surface area contributed by atoms with Crippen LogP contribution in [0.4, 0.5) is 5.69 Å². The molecule has 4 nitrogen and oxygen atoms in total. The first-order valence-electron chi connectivity index (χ1n) is 6.32. The van der Waals surface area contributed by atoms with Gasteiger partial charge in [-0.2, -0.15) is 5.10 Å². The standard InChI is InChI=1S/C15H13IN4S2/c16-11-6-8-12(9-7-11)18-14(21)13(19-20-15(17)22)10-4-2-1-3-5-10/h1-9H,(H,18,21)(H3,17,20,22). The fourth-order valence-corrected chi connectivity index (χ4v) is 2.36. The average Bonchev–Trinajstić information content (AvgIpc) is 2.50. The third kappa shape index (κ3) is 5.00. The largest absolute Gasteiger partial charge is 0.375 e. The maximum atomic E-state index is 5.46. The molecule has 7 heteroatoms. The number of rotatable bonds is 4. The van der Waals surface area contributed by atoms with Gasteiger partial charge >= 0.3 is 0 Å². The third-order valence-corrected chi connectivity index (χ3v) is 3.75. The summed E-state index contributed by atoms with van der Waals surface area (Å²) in [5.74, 6) is 0. The van der Waals surface area contributed by atoms with Crippen LogP contribution in [0, 0.1) is 3.57 Å². The van der Waals surface area contributed by atoms with Crippen molar-refractivity contribution in [2.24, 2.45) is 10.8 Å². The number of hydrogen-bond acceptors (Lipinski definition) is 3. The molecule has 4 N–H and O–H groups in total. The molecule has 0 unspecified atom stereocenters. The zero-order valence-corrected chi connectivity index (χ0v) is 15.2. The van der Waals surface area contributed by atoms with Crippen LogP contribution in [0.15, 0.2) is 59.7 Å². The molecule has 0 aromatic heterocycles. The second-order valence-electron chi connectivity index (χ2n) is 4.26. The molecule has 0 bridgehead atoms. The number of nitrogens with one attached hydrogen (secondary N) is 2. The molecule has 2 aromatic rings. The van der Waals surface area contributed by atoms with Crippen LogP contribution >= 0.6 is 47.0 Å². The van der Waals surface area contributed by atoms with Gasteiger partial charge in [0, 0.05) is 14.8 Å². The Morgan fingerprint density at radius 1 is 1.00 bits per heavy atom. The van der Waals surface area contributed by atoms with Crippen molar-refractivity contribution in [2.75, 3.05) is 5.32 Å². The van der Waals surface area contributed by atoms with E-state index in [9.17, 15) is 0 Å². The SMILES string of the molecule is NC(=S)NN=C(C(=S)Nc1ccc(I)cc1)c1ccccc1. The van der Waals surface area contributed by atoms with Gasteiger partial charge in [0.05, 0.1) is 0 Å². The Kier molecular flexibility index (Phi) is 6.22. The number of halogens is 1. The summed E-state index contributed by atoms with van der Waals surface area (Å²) < 4.78 is 1.15. The second-order valence-corrected chi connectivity index (χ2v) is 6.36. The highest BCUT2D eigenvalue weighted by Gasteiger charge is 2.10. The number of hydrogen-bond donors (Lipinski definition) is 3. The Bertz CT molecular complexity index is 699. The molecule has 22 heavy (non-hydrogen) atoms. The average molecular weight is 440 g/mol. The van der Waals surface area contributed by atoms with Crippen molar-refractivity contribution in [1.29, 1.82) is 0 Å². The predicted molar refractivity (Wildman–Crippen MR) is 108 cm³/mol. The van der Waals surface area contributed by atoms with Gasteiger partial charge in [-0.05, 0) is 59.1 Å². The first kappa shape index (κ1) is 16.8. The Labute approximate surface area is 153 Å². The maximum absolute atomic E-state index is 5.46. The molecule has 0 atom stereocenters. The monoisotopic (exact) mass is 440 g/mol. The summed E-state index contributed by atoms with van der Waals surface area (Å²) in [6.45, 7) is 0. The lowest BCUT2D eigenvalue weighted by atomic mass is 10.1. The second kappa shape index (κ2) is 8.16. The highest BCUT2D eigenvalue weighted by Crippen LogP contribution is 2.12. The number of anilines is 1. The van der Waals surface area contributed by atoms with Crippen molar-refractivity contribution in [3.63, 3.8) is 0 Å². The van der Waals surface area contributed by atoms with E-state index in [0.717, 1.165) is 14.8 Å². The Morgan fingerprint density at radius 2 is 1.64 bits per heavy atom. The first-order valence-corrected chi connectivity index (χ1v) is 8.21. The number of nitrogens with two attached hydrogens (primary N) is 1. The molecule has 0 saturated heterocycles. The Hall–Kier alpha value is -1.58. The van der Waals surface area contributed by atoms with Crippen molar-refractivity contribution in [3.8, 4) is 0 Å². The topological polar surface area (TPSA) is 62.4 Å². The molecular formula is C15H13IN4S2. The fraction of sp³-hybridized carbons (Fsp3) is 0. The summed E-state index contributed by atoms with van der Waals surface area (Å²) in [5, 5.41) is 7.46. The van der Waals surface area contributed by atoms with Crippen molar-refractivity contribution in [1.82, 2.24) is 5.43 Å². The summed E-state index contributed by atoms with van der Waals surface area (Å²) in [4.78, 5) is 0.483. The van der Waals surface area contributed by atoms with Gasteiger partial charge in [0.15, 0.2) is 5.11 Å². The summed E-state index contributed by atoms with van der Waals surface area (Å²) >= 11 is 12.5. The minimum atomic E-state index is 0.0884. The number of benzene rings is 2. The van der Waals surface area contributed by atoms with Gasteiger partial charge < -0.3 is 11.1 Å². The molecule has 0 amide bonds. The lowest BCUT2D eigenvalue weighted by Gasteiger charge is -2.11. The zero-order valence-electron chi connectivity index (χ0n) is 11.4. The molecule has 0 heterocycles. The van der Waals surface area contributed by atoms with E-state index in [0.29, 0.717) is 10.7 Å². The van der Waals surface area contributed by atoms with E-state index in [2.05, 4.69) is 38.4 Å². The molecule has 2 aromatic carbocycles. The van der Waals surface area contributed by atoms with Crippen molar-refractivity contribution < 1.29 is 0 Å². The Morgan fingerprint density at radius 3 is 2.23 bits per heavy atom. The number of thiocarbonyl (C=S) groups is 2. The van der Waals surface area contributed by atoms with Gasteiger partial charge in [-0.25, -0.2) is 0 Å². The van der Waals surface area contributed by atoms with Gasteiger partial charge in [-0.15, -0.1) is 0 Å². The fourth-order valence-electron chi connectivity index (χ4n) is 1.68. The summed E-state index contributed by atoms with van der Waals surface area (Å²) in [6, 6.07) is 17.5. The van der Waals surface area contributed by atoms with Crippen molar-refractivity contribution >= 4 is 68.5 Å². The molecule has 112 valence electrons. The lowest BCUT2D eigenvalue weighted by molar-refractivity contribution is 1.04. The predicted octanol–water partition coefficient (Wildman–Crippen LogP) is 3.27. The van der Waals surface area contributed by atoms with Gasteiger partial charge in [0.25, 0.3) is 0 Å². The smallest absolute Gasteiger partial charge is 0.184 e. The minimum absolute atomic E-state index is 0.0884. The lowest BCUT2D eigenvalue weighted by Crippen LogP contribution is -2.29.